The number of unbranched alkanes of at least 4 members (excludes halogenated alkanes) is 9. The summed E-state index contributed by atoms with van der Waals surface area (Å²) in [5.41, 5.74) is 0. The van der Waals surface area contributed by atoms with Gasteiger partial charge in [0.15, 0.2) is 0 Å². The molecule has 0 bridgehead atoms. The maximum absolute atomic E-state index is 12.3. The molecule has 2 unspecified atom stereocenters. The lowest BCUT2D eigenvalue weighted by molar-refractivity contribution is -0.122. The summed E-state index contributed by atoms with van der Waals surface area (Å²) in [7, 11) is -4.34. The van der Waals surface area contributed by atoms with Gasteiger partial charge in [0, 0.05) is 6.42 Å². The van der Waals surface area contributed by atoms with Crippen LogP contribution in [0.5, 0.6) is 0 Å². The maximum Gasteiger partial charge on any atom is 0.267 e. The van der Waals surface area contributed by atoms with E-state index in [2.05, 4.69) is 67.8 Å². The van der Waals surface area contributed by atoms with E-state index in [1.165, 1.54) is 38.2 Å². The molecule has 0 aliphatic carbocycles. The Morgan fingerprint density at radius 3 is 1.82 bits per heavy atom. The summed E-state index contributed by atoms with van der Waals surface area (Å²) in [6.07, 6.45) is 35.0. The molecule has 0 saturated carbocycles. The van der Waals surface area contributed by atoms with Crippen molar-refractivity contribution in [1.29, 1.82) is 0 Å². The van der Waals surface area contributed by atoms with Crippen LogP contribution in [-0.2, 0) is 14.9 Å². The van der Waals surface area contributed by atoms with Crippen LogP contribution in [0.25, 0.3) is 0 Å². The Kier molecular flexibility index (Phi) is 25.0. The summed E-state index contributed by atoms with van der Waals surface area (Å²) in [5.74, 6) is -1.04. The number of rotatable bonds is 25. The summed E-state index contributed by atoms with van der Waals surface area (Å²) >= 11 is 0. The zero-order valence-electron chi connectivity index (χ0n) is 24.5. The average Bonchev–Trinajstić information content (AvgIpc) is 2.88. The first-order chi connectivity index (χ1) is 18.8. The SMILES string of the molecule is CC/C=C\C/C=C\C/C=C\C/C=C\CCCCC(=O)NC(CS(=O)(=O)O)C(O)/C=C/CCCCCCCCC. The van der Waals surface area contributed by atoms with Gasteiger partial charge < -0.3 is 10.4 Å². The van der Waals surface area contributed by atoms with Gasteiger partial charge >= 0.3 is 0 Å². The van der Waals surface area contributed by atoms with Crippen LogP contribution in [-0.4, -0.2) is 41.9 Å². The number of carbonyl (C=O) groups is 1. The summed E-state index contributed by atoms with van der Waals surface area (Å²) in [5, 5.41) is 13.0. The smallest absolute Gasteiger partial charge is 0.267 e. The van der Waals surface area contributed by atoms with Crippen LogP contribution in [0.3, 0.4) is 0 Å². The van der Waals surface area contributed by atoms with E-state index in [-0.39, 0.29) is 12.3 Å². The third kappa shape index (κ3) is 27.4. The second kappa shape index (κ2) is 26.3. The number of allylic oxidation sites excluding steroid dienone is 9. The Labute approximate surface area is 239 Å². The third-order valence-electron chi connectivity index (χ3n) is 6.20. The molecule has 0 aromatic carbocycles. The monoisotopic (exact) mass is 565 g/mol. The Balaban J connectivity index is 4.21. The van der Waals surface area contributed by atoms with Crippen molar-refractivity contribution in [2.45, 2.75) is 129 Å². The molecule has 0 aromatic heterocycles. The highest BCUT2D eigenvalue weighted by Crippen LogP contribution is 2.10. The van der Waals surface area contributed by atoms with E-state index in [1.807, 2.05) is 6.08 Å². The summed E-state index contributed by atoms with van der Waals surface area (Å²) in [6, 6.07) is -1.08. The fraction of sp³-hybridized carbons (Fsp3) is 0.656. The molecule has 7 heteroatoms. The number of amides is 1. The van der Waals surface area contributed by atoms with Crippen molar-refractivity contribution in [2.75, 3.05) is 5.75 Å². The molecule has 2 atom stereocenters. The van der Waals surface area contributed by atoms with Crippen molar-refractivity contribution in [3.63, 3.8) is 0 Å². The van der Waals surface area contributed by atoms with Gasteiger partial charge in [0.2, 0.25) is 5.91 Å². The van der Waals surface area contributed by atoms with Crippen molar-refractivity contribution >= 4 is 16.0 Å². The molecule has 0 saturated heterocycles. The number of hydrogen-bond donors (Lipinski definition) is 3. The minimum Gasteiger partial charge on any atom is -0.387 e. The Bertz CT molecular complexity index is 843. The molecule has 0 rings (SSSR count). The van der Waals surface area contributed by atoms with Crippen LogP contribution in [0.15, 0.2) is 60.8 Å². The highest BCUT2D eigenvalue weighted by molar-refractivity contribution is 7.85. The van der Waals surface area contributed by atoms with Gasteiger partial charge in [0.1, 0.15) is 0 Å². The predicted molar refractivity (Wildman–Crippen MR) is 165 cm³/mol. The highest BCUT2D eigenvalue weighted by Gasteiger charge is 2.24. The topological polar surface area (TPSA) is 104 Å². The Hall–Kier alpha value is -1.96. The largest absolute Gasteiger partial charge is 0.387 e. The number of aliphatic hydroxyl groups is 1. The highest BCUT2D eigenvalue weighted by atomic mass is 32.2. The molecule has 39 heavy (non-hydrogen) atoms. The van der Waals surface area contributed by atoms with E-state index >= 15 is 0 Å². The van der Waals surface area contributed by atoms with E-state index < -0.39 is 28.0 Å². The molecule has 224 valence electrons. The molecule has 0 aliphatic heterocycles. The summed E-state index contributed by atoms with van der Waals surface area (Å²) < 4.78 is 32.1. The lowest BCUT2D eigenvalue weighted by Gasteiger charge is -2.21. The normalized spacial score (nSPS) is 14.5. The van der Waals surface area contributed by atoms with Crippen molar-refractivity contribution in [1.82, 2.24) is 5.32 Å². The molecule has 0 radical (unpaired) electrons. The van der Waals surface area contributed by atoms with Gasteiger partial charge in [-0.2, -0.15) is 8.42 Å². The first-order valence-electron chi connectivity index (χ1n) is 15.0. The molecule has 3 N–H and O–H groups in total. The van der Waals surface area contributed by atoms with E-state index in [0.717, 1.165) is 57.8 Å². The minimum atomic E-state index is -4.34. The maximum atomic E-state index is 12.3. The number of aliphatic hydroxyl groups excluding tert-OH is 1. The van der Waals surface area contributed by atoms with Gasteiger partial charge in [-0.25, -0.2) is 0 Å². The molecule has 0 aliphatic rings. The van der Waals surface area contributed by atoms with Gasteiger partial charge in [0.25, 0.3) is 10.1 Å². The first-order valence-corrected chi connectivity index (χ1v) is 16.6. The molecule has 0 heterocycles. The molecule has 6 nitrogen and oxygen atoms in total. The van der Waals surface area contributed by atoms with Crippen molar-refractivity contribution < 1.29 is 22.9 Å². The van der Waals surface area contributed by atoms with Crippen molar-refractivity contribution in [2.24, 2.45) is 0 Å². The van der Waals surface area contributed by atoms with Gasteiger partial charge in [-0.05, 0) is 57.8 Å². The van der Waals surface area contributed by atoms with Crippen LogP contribution < -0.4 is 5.32 Å². The molecule has 1 amide bonds. The number of carbonyl (C=O) groups excluding carboxylic acids is 1. The number of nitrogens with one attached hydrogen (secondary N) is 1. The van der Waals surface area contributed by atoms with E-state index in [0.29, 0.717) is 6.42 Å². The second-order valence-corrected chi connectivity index (χ2v) is 11.5. The van der Waals surface area contributed by atoms with Crippen LogP contribution >= 0.6 is 0 Å². The van der Waals surface area contributed by atoms with Gasteiger partial charge in [-0.3, -0.25) is 9.35 Å². The molecule has 0 aromatic rings. The van der Waals surface area contributed by atoms with E-state index in [1.54, 1.807) is 0 Å². The van der Waals surface area contributed by atoms with E-state index in [4.69, 9.17) is 0 Å². The zero-order chi connectivity index (χ0) is 29.0. The van der Waals surface area contributed by atoms with Crippen LogP contribution in [0.2, 0.25) is 0 Å². The van der Waals surface area contributed by atoms with Gasteiger partial charge in [-0.1, -0.05) is 113 Å². The van der Waals surface area contributed by atoms with Crippen LogP contribution in [0.1, 0.15) is 117 Å². The Morgan fingerprint density at radius 2 is 1.23 bits per heavy atom. The predicted octanol–water partition coefficient (Wildman–Crippen LogP) is 7.78. The number of hydrogen-bond acceptors (Lipinski definition) is 4. The van der Waals surface area contributed by atoms with Crippen LogP contribution in [0, 0.1) is 0 Å². The molecule has 0 spiro atoms. The average molecular weight is 566 g/mol. The third-order valence-corrected chi connectivity index (χ3v) is 6.98. The zero-order valence-corrected chi connectivity index (χ0v) is 25.3. The van der Waals surface area contributed by atoms with E-state index in [9.17, 15) is 22.9 Å². The van der Waals surface area contributed by atoms with Gasteiger partial charge in [-0.15, -0.1) is 0 Å². The Morgan fingerprint density at radius 1 is 0.718 bits per heavy atom. The fourth-order valence-electron chi connectivity index (χ4n) is 3.97. The molecular formula is C32H55NO5S. The van der Waals surface area contributed by atoms with Crippen molar-refractivity contribution in [3.8, 4) is 0 Å². The quantitative estimate of drug-likeness (QED) is 0.0596. The summed E-state index contributed by atoms with van der Waals surface area (Å²) in [4.78, 5) is 12.3. The standard InChI is InChI=1S/C32H55NO5S/c1-3-5-7-9-11-13-14-15-16-17-18-20-22-24-26-28-32(35)33-30(29-39(36,37)38)31(34)27-25-23-21-19-12-10-8-6-4-2/h5,7,11,13,15-16,18,20,25,27,30-31,34H,3-4,6,8-10,12,14,17,19,21-24,26,28-29H2,1-2H3,(H,33,35)(H,36,37,38)/b7-5-,13-11-,16-15-,20-18-,27-25+. The first kappa shape index (κ1) is 37.0. The molecule has 0 fully saturated rings. The lowest BCUT2D eigenvalue weighted by atomic mass is 10.1. The van der Waals surface area contributed by atoms with Gasteiger partial charge in [0.05, 0.1) is 17.9 Å². The fourth-order valence-corrected chi connectivity index (χ4v) is 4.70. The van der Waals surface area contributed by atoms with Crippen molar-refractivity contribution in [3.05, 3.63) is 60.8 Å². The second-order valence-electron chi connectivity index (χ2n) is 10.00. The van der Waals surface area contributed by atoms with Crippen LogP contribution in [0.4, 0.5) is 0 Å². The molecular weight excluding hydrogens is 510 g/mol. The summed E-state index contributed by atoms with van der Waals surface area (Å²) in [6.45, 7) is 4.32. The lowest BCUT2D eigenvalue weighted by Crippen LogP contribution is -2.46. The minimum absolute atomic E-state index is 0.240.